The first kappa shape index (κ1) is 11.0. The van der Waals surface area contributed by atoms with E-state index in [1.165, 1.54) is 14.0 Å². The number of rotatable bonds is 2. The van der Waals surface area contributed by atoms with Gasteiger partial charge in [-0.25, -0.2) is 0 Å². The van der Waals surface area contributed by atoms with E-state index in [1.54, 1.807) is 12.2 Å². The van der Waals surface area contributed by atoms with Crippen LogP contribution < -0.4 is 5.73 Å². The number of ketones is 1. The van der Waals surface area contributed by atoms with Crippen molar-refractivity contribution in [2.75, 3.05) is 7.11 Å². The molecule has 0 spiro atoms. The number of hydrogen-bond acceptors (Lipinski definition) is 3. The number of nitrogens with two attached hydrogens (primary N) is 1. The highest BCUT2D eigenvalue weighted by atomic mass is 79.9. The Bertz CT molecular complexity index is 353. The van der Waals surface area contributed by atoms with Gasteiger partial charge in [0, 0.05) is 10.1 Å². The molecule has 1 aliphatic carbocycles. The van der Waals surface area contributed by atoms with Gasteiger partial charge < -0.3 is 10.5 Å². The lowest BCUT2D eigenvalue weighted by Gasteiger charge is -2.06. The van der Waals surface area contributed by atoms with Gasteiger partial charge in [0.15, 0.2) is 5.78 Å². The Morgan fingerprint density at radius 1 is 1.64 bits per heavy atom. The topological polar surface area (TPSA) is 52.3 Å². The number of halogens is 1. The summed E-state index contributed by atoms with van der Waals surface area (Å²) >= 11 is 3.36. The van der Waals surface area contributed by atoms with Crippen LogP contribution in [-0.2, 0) is 9.53 Å². The summed E-state index contributed by atoms with van der Waals surface area (Å²) < 4.78 is 6.03. The Labute approximate surface area is 91.4 Å². The van der Waals surface area contributed by atoms with Gasteiger partial charge in [0.2, 0.25) is 0 Å². The van der Waals surface area contributed by atoms with Crippen molar-refractivity contribution in [2.45, 2.75) is 13.3 Å². The van der Waals surface area contributed by atoms with Gasteiger partial charge in [-0.15, -0.1) is 0 Å². The molecular weight excluding hydrogens is 246 g/mol. The maximum Gasteiger partial charge on any atom is 0.161 e. The van der Waals surface area contributed by atoms with Crippen LogP contribution in [0, 0.1) is 0 Å². The van der Waals surface area contributed by atoms with Crippen molar-refractivity contribution in [3.8, 4) is 0 Å². The predicted octanol–water partition coefficient (Wildman–Crippen LogP) is 2.00. The SMILES string of the molecule is COC1=C(N)C(C(C)=O)=CCC(Br)=C1. The van der Waals surface area contributed by atoms with Gasteiger partial charge in [-0.2, -0.15) is 0 Å². The third kappa shape index (κ3) is 2.26. The summed E-state index contributed by atoms with van der Waals surface area (Å²) in [6.07, 6.45) is 4.23. The van der Waals surface area contributed by atoms with Crippen LogP contribution in [0.15, 0.2) is 33.7 Å². The third-order valence-electron chi connectivity index (χ3n) is 1.94. The molecule has 0 radical (unpaired) electrons. The highest BCUT2D eigenvalue weighted by molar-refractivity contribution is 9.11. The molecule has 0 aromatic carbocycles. The molecule has 4 heteroatoms. The predicted molar refractivity (Wildman–Crippen MR) is 58.6 cm³/mol. The standard InChI is InChI=1S/C10H12BrNO2/c1-6(13)8-4-3-7(11)5-9(14-2)10(8)12/h4-5H,3,12H2,1-2H3. The number of carbonyl (C=O) groups is 1. The summed E-state index contributed by atoms with van der Waals surface area (Å²) in [6, 6.07) is 0. The molecule has 76 valence electrons. The number of ether oxygens (including phenoxy) is 1. The van der Waals surface area contributed by atoms with Crippen molar-refractivity contribution in [1.82, 2.24) is 0 Å². The quantitative estimate of drug-likeness (QED) is 0.824. The molecule has 0 atom stereocenters. The van der Waals surface area contributed by atoms with Gasteiger partial charge >= 0.3 is 0 Å². The molecule has 0 aliphatic heterocycles. The molecule has 0 saturated carbocycles. The van der Waals surface area contributed by atoms with Crippen molar-refractivity contribution in [1.29, 1.82) is 0 Å². The lowest BCUT2D eigenvalue weighted by Crippen LogP contribution is -2.11. The number of Topliss-reactive ketones (excluding diaryl/α,β-unsaturated/α-hetero) is 1. The Morgan fingerprint density at radius 3 is 2.79 bits per heavy atom. The minimum absolute atomic E-state index is 0.0485. The molecule has 0 bridgehead atoms. The first-order valence-electron chi connectivity index (χ1n) is 4.17. The van der Waals surface area contributed by atoms with E-state index in [0.717, 1.165) is 4.48 Å². The summed E-state index contributed by atoms with van der Waals surface area (Å²) in [4.78, 5) is 11.3. The molecule has 14 heavy (non-hydrogen) atoms. The summed E-state index contributed by atoms with van der Waals surface area (Å²) in [5, 5.41) is 0. The Morgan fingerprint density at radius 2 is 2.29 bits per heavy atom. The lowest BCUT2D eigenvalue weighted by atomic mass is 10.1. The summed E-state index contributed by atoms with van der Waals surface area (Å²) in [5.41, 5.74) is 6.72. The third-order valence-corrected chi connectivity index (χ3v) is 2.50. The largest absolute Gasteiger partial charge is 0.495 e. The average Bonchev–Trinajstić information content (AvgIpc) is 2.26. The summed E-state index contributed by atoms with van der Waals surface area (Å²) in [5.74, 6) is 0.475. The van der Waals surface area contributed by atoms with Gasteiger partial charge in [0.25, 0.3) is 0 Å². The van der Waals surface area contributed by atoms with Crippen LogP contribution in [0.4, 0.5) is 0 Å². The maximum absolute atomic E-state index is 11.3. The van der Waals surface area contributed by atoms with Gasteiger partial charge in [-0.1, -0.05) is 22.0 Å². The van der Waals surface area contributed by atoms with E-state index in [2.05, 4.69) is 15.9 Å². The highest BCUT2D eigenvalue weighted by Crippen LogP contribution is 2.24. The zero-order valence-electron chi connectivity index (χ0n) is 8.13. The Kier molecular flexibility index (Phi) is 3.52. The van der Waals surface area contributed by atoms with Crippen LogP contribution in [0.3, 0.4) is 0 Å². The molecule has 1 rings (SSSR count). The van der Waals surface area contributed by atoms with Crippen LogP contribution in [0.2, 0.25) is 0 Å². The van der Waals surface area contributed by atoms with Crippen molar-refractivity contribution in [2.24, 2.45) is 5.73 Å². The molecule has 3 nitrogen and oxygen atoms in total. The Balaban J connectivity index is 3.20. The second-order valence-corrected chi connectivity index (χ2v) is 3.97. The van der Waals surface area contributed by atoms with Gasteiger partial charge in [0.05, 0.1) is 12.8 Å². The minimum atomic E-state index is -0.0485. The van der Waals surface area contributed by atoms with E-state index in [4.69, 9.17) is 10.5 Å². The number of hydrogen-bond donors (Lipinski definition) is 1. The van der Waals surface area contributed by atoms with Crippen molar-refractivity contribution < 1.29 is 9.53 Å². The molecular formula is C10H12BrNO2. The minimum Gasteiger partial charge on any atom is -0.495 e. The number of allylic oxidation sites excluding steroid dienone is 4. The zero-order valence-corrected chi connectivity index (χ0v) is 9.72. The summed E-state index contributed by atoms with van der Waals surface area (Å²) in [7, 11) is 1.53. The zero-order chi connectivity index (χ0) is 10.7. The average molecular weight is 258 g/mol. The van der Waals surface area contributed by atoms with Crippen molar-refractivity contribution >= 4 is 21.7 Å². The smallest absolute Gasteiger partial charge is 0.161 e. The van der Waals surface area contributed by atoms with Crippen LogP contribution >= 0.6 is 15.9 Å². The molecule has 2 N–H and O–H groups in total. The van der Waals surface area contributed by atoms with E-state index < -0.39 is 0 Å². The summed E-state index contributed by atoms with van der Waals surface area (Å²) in [6.45, 7) is 1.49. The first-order chi connectivity index (χ1) is 6.56. The fraction of sp³-hybridized carbons (Fsp3) is 0.300. The maximum atomic E-state index is 11.3. The van der Waals surface area contributed by atoms with Crippen LogP contribution in [-0.4, -0.2) is 12.9 Å². The van der Waals surface area contributed by atoms with E-state index >= 15 is 0 Å². The van der Waals surface area contributed by atoms with E-state index in [9.17, 15) is 4.79 Å². The van der Waals surface area contributed by atoms with Gasteiger partial charge in [-0.05, 0) is 19.4 Å². The second-order valence-electron chi connectivity index (χ2n) is 2.95. The fourth-order valence-electron chi connectivity index (χ4n) is 1.22. The van der Waals surface area contributed by atoms with E-state index in [1.807, 2.05) is 0 Å². The van der Waals surface area contributed by atoms with Crippen LogP contribution in [0.25, 0.3) is 0 Å². The van der Waals surface area contributed by atoms with E-state index in [-0.39, 0.29) is 5.78 Å². The molecule has 0 unspecified atom stereocenters. The van der Waals surface area contributed by atoms with Crippen LogP contribution in [0.5, 0.6) is 0 Å². The fourth-order valence-corrected chi connectivity index (χ4v) is 1.59. The molecule has 0 aromatic heterocycles. The van der Waals surface area contributed by atoms with E-state index in [0.29, 0.717) is 23.5 Å². The van der Waals surface area contributed by atoms with Gasteiger partial charge in [0.1, 0.15) is 5.76 Å². The molecule has 0 amide bonds. The monoisotopic (exact) mass is 257 g/mol. The number of methoxy groups -OCH3 is 1. The molecule has 0 aromatic rings. The lowest BCUT2D eigenvalue weighted by molar-refractivity contribution is -0.113. The van der Waals surface area contributed by atoms with Gasteiger partial charge in [-0.3, -0.25) is 4.79 Å². The molecule has 1 aliphatic rings. The number of carbonyl (C=O) groups excluding carboxylic acids is 1. The highest BCUT2D eigenvalue weighted by Gasteiger charge is 2.15. The Hall–Kier alpha value is -1.03. The van der Waals surface area contributed by atoms with Crippen molar-refractivity contribution in [3.63, 3.8) is 0 Å². The molecule has 0 fully saturated rings. The normalized spacial score (nSPS) is 17.1. The second kappa shape index (κ2) is 4.46. The molecule has 0 saturated heterocycles. The molecule has 0 heterocycles. The first-order valence-corrected chi connectivity index (χ1v) is 4.96. The van der Waals surface area contributed by atoms with Crippen LogP contribution in [0.1, 0.15) is 13.3 Å². The van der Waals surface area contributed by atoms with Crippen molar-refractivity contribution in [3.05, 3.63) is 33.7 Å².